The molecule has 0 saturated carbocycles. The first-order chi connectivity index (χ1) is 4.27. The maximum absolute atomic E-state index is 10.5. The zero-order chi connectivity index (χ0) is 7.11. The molecular formula is C6H15NOS. The average Bonchev–Trinajstić information content (AvgIpc) is 1.80. The molecule has 2 N–H and O–H groups in total. The summed E-state index contributed by atoms with van der Waals surface area (Å²) in [4.78, 5) is 0. The summed E-state index contributed by atoms with van der Waals surface area (Å²) in [7, 11) is 0. The van der Waals surface area contributed by atoms with Crippen molar-refractivity contribution in [3.63, 3.8) is 0 Å². The molecule has 0 spiro atoms. The topological polar surface area (TPSA) is 49.1 Å². The molecule has 0 saturated heterocycles. The lowest BCUT2D eigenvalue weighted by Gasteiger charge is -2.02. The standard InChI is InChI=1S/C6H15NOS/c1-9(8)6-4-2-3-5-7/h2-7H2,1H3. The molecule has 0 bridgehead atoms. The van der Waals surface area contributed by atoms with Crippen molar-refractivity contribution in [1.29, 1.82) is 0 Å². The molecule has 2 nitrogen and oxygen atoms in total. The quantitative estimate of drug-likeness (QED) is 0.457. The van der Waals surface area contributed by atoms with E-state index in [4.69, 9.17) is 5.73 Å². The second-order valence-corrected chi connectivity index (χ2v) is 3.68. The van der Waals surface area contributed by atoms with E-state index < -0.39 is 11.2 Å². The summed E-state index contributed by atoms with van der Waals surface area (Å²) in [5, 5.41) is 0. The van der Waals surface area contributed by atoms with Crippen LogP contribution in [-0.4, -0.2) is 23.1 Å². The first kappa shape index (κ1) is 9.27. The van der Waals surface area contributed by atoms with Crippen LogP contribution >= 0.6 is 0 Å². The molecule has 0 aromatic heterocycles. The molecule has 0 aliphatic heterocycles. The van der Waals surface area contributed by atoms with E-state index in [9.17, 15) is 4.55 Å². The van der Waals surface area contributed by atoms with Crippen LogP contribution in [0.3, 0.4) is 0 Å². The maximum atomic E-state index is 10.5. The van der Waals surface area contributed by atoms with Crippen molar-refractivity contribution >= 4 is 11.2 Å². The third-order valence-corrected chi connectivity index (χ3v) is 2.00. The smallest absolute Gasteiger partial charge is 0.105 e. The zero-order valence-electron chi connectivity index (χ0n) is 5.93. The average molecular weight is 149 g/mol. The van der Waals surface area contributed by atoms with Crippen LogP contribution in [0.4, 0.5) is 0 Å². The summed E-state index contributed by atoms with van der Waals surface area (Å²) in [6.45, 7) is 0.760. The highest BCUT2D eigenvalue weighted by Gasteiger charge is 1.94. The van der Waals surface area contributed by atoms with Gasteiger partial charge in [0.25, 0.3) is 0 Å². The van der Waals surface area contributed by atoms with Gasteiger partial charge in [0, 0.05) is 0 Å². The number of nitrogens with two attached hydrogens (primary N) is 1. The molecule has 3 heteroatoms. The van der Waals surface area contributed by atoms with Gasteiger partial charge in [-0.15, -0.1) is 0 Å². The SMILES string of the molecule is C[S+]([O-])CCCCCN. The monoisotopic (exact) mass is 149 g/mol. The van der Waals surface area contributed by atoms with Crippen molar-refractivity contribution in [1.82, 2.24) is 0 Å². The summed E-state index contributed by atoms with van der Waals surface area (Å²) in [6.07, 6.45) is 4.98. The number of unbranched alkanes of at least 4 members (excludes halogenated alkanes) is 2. The Bertz CT molecular complexity index is 59.0. The van der Waals surface area contributed by atoms with Crippen molar-refractivity contribution < 1.29 is 4.55 Å². The fraction of sp³-hybridized carbons (Fsp3) is 1.00. The zero-order valence-corrected chi connectivity index (χ0v) is 6.75. The van der Waals surface area contributed by atoms with Crippen LogP contribution in [-0.2, 0) is 11.2 Å². The fourth-order valence-electron chi connectivity index (χ4n) is 0.626. The van der Waals surface area contributed by atoms with E-state index in [-0.39, 0.29) is 0 Å². The molecule has 0 rings (SSSR count). The van der Waals surface area contributed by atoms with Crippen LogP contribution in [0.15, 0.2) is 0 Å². The molecule has 0 heterocycles. The maximum Gasteiger partial charge on any atom is 0.105 e. The predicted molar refractivity (Wildman–Crippen MR) is 41.8 cm³/mol. The van der Waals surface area contributed by atoms with Crippen LogP contribution in [0.1, 0.15) is 19.3 Å². The van der Waals surface area contributed by atoms with Gasteiger partial charge < -0.3 is 10.3 Å². The second-order valence-electron chi connectivity index (χ2n) is 2.13. The van der Waals surface area contributed by atoms with Crippen molar-refractivity contribution in [3.05, 3.63) is 0 Å². The minimum atomic E-state index is -0.610. The Kier molecular flexibility index (Phi) is 6.58. The molecule has 0 aromatic carbocycles. The van der Waals surface area contributed by atoms with E-state index in [0.29, 0.717) is 0 Å². The molecule has 1 atom stereocenters. The summed E-state index contributed by atoms with van der Waals surface area (Å²) >= 11 is -0.610. The fourth-order valence-corrected chi connectivity index (χ4v) is 1.24. The van der Waals surface area contributed by atoms with Crippen LogP contribution < -0.4 is 5.73 Å². The van der Waals surface area contributed by atoms with Crippen molar-refractivity contribution in [3.8, 4) is 0 Å². The van der Waals surface area contributed by atoms with Gasteiger partial charge in [0.05, 0.1) is 6.26 Å². The Balaban J connectivity index is 2.75. The van der Waals surface area contributed by atoms with Crippen LogP contribution in [0.2, 0.25) is 0 Å². The Morgan fingerprint density at radius 2 is 2.00 bits per heavy atom. The highest BCUT2D eigenvalue weighted by atomic mass is 32.2. The number of hydrogen-bond acceptors (Lipinski definition) is 2. The molecule has 0 amide bonds. The van der Waals surface area contributed by atoms with E-state index >= 15 is 0 Å². The summed E-state index contributed by atoms with van der Waals surface area (Å²) < 4.78 is 10.5. The molecule has 0 aliphatic carbocycles. The van der Waals surface area contributed by atoms with Gasteiger partial charge in [-0.3, -0.25) is 0 Å². The molecule has 0 fully saturated rings. The van der Waals surface area contributed by atoms with Crippen molar-refractivity contribution in [2.45, 2.75) is 19.3 Å². The van der Waals surface area contributed by atoms with Crippen molar-refractivity contribution in [2.75, 3.05) is 18.6 Å². The van der Waals surface area contributed by atoms with Gasteiger partial charge in [-0.25, -0.2) is 0 Å². The summed E-state index contributed by atoms with van der Waals surface area (Å²) in [5.74, 6) is 0.833. The Labute approximate surface area is 60.0 Å². The van der Waals surface area contributed by atoms with Gasteiger partial charge in [0.15, 0.2) is 0 Å². The third kappa shape index (κ3) is 8.27. The Morgan fingerprint density at radius 3 is 2.44 bits per heavy atom. The highest BCUT2D eigenvalue weighted by Crippen LogP contribution is 1.96. The molecule has 9 heavy (non-hydrogen) atoms. The Morgan fingerprint density at radius 1 is 1.33 bits per heavy atom. The first-order valence-corrected chi connectivity index (χ1v) is 5.00. The molecule has 0 radical (unpaired) electrons. The number of rotatable bonds is 5. The van der Waals surface area contributed by atoms with Crippen molar-refractivity contribution in [2.24, 2.45) is 5.73 Å². The van der Waals surface area contributed by atoms with Gasteiger partial charge in [-0.05, 0) is 25.8 Å². The molecular weight excluding hydrogens is 134 g/mol. The lowest BCUT2D eigenvalue weighted by molar-refractivity contribution is 0.594. The van der Waals surface area contributed by atoms with E-state index in [2.05, 4.69) is 0 Å². The minimum absolute atomic E-state index is 0.610. The van der Waals surface area contributed by atoms with Crippen LogP contribution in [0.25, 0.3) is 0 Å². The van der Waals surface area contributed by atoms with Gasteiger partial charge in [0.1, 0.15) is 5.75 Å². The number of hydrogen-bond donors (Lipinski definition) is 1. The van der Waals surface area contributed by atoms with Crippen LogP contribution in [0, 0.1) is 0 Å². The lowest BCUT2D eigenvalue weighted by atomic mass is 10.2. The lowest BCUT2D eigenvalue weighted by Crippen LogP contribution is -2.04. The first-order valence-electron chi connectivity index (χ1n) is 3.27. The summed E-state index contributed by atoms with van der Waals surface area (Å²) in [6, 6.07) is 0. The minimum Gasteiger partial charge on any atom is -0.617 e. The van der Waals surface area contributed by atoms with Gasteiger partial charge in [0.2, 0.25) is 0 Å². The van der Waals surface area contributed by atoms with Gasteiger partial charge >= 0.3 is 0 Å². The van der Waals surface area contributed by atoms with Crippen LogP contribution in [0.5, 0.6) is 0 Å². The highest BCUT2D eigenvalue weighted by molar-refractivity contribution is 7.90. The van der Waals surface area contributed by atoms with E-state index in [0.717, 1.165) is 31.6 Å². The van der Waals surface area contributed by atoms with E-state index in [1.807, 2.05) is 0 Å². The largest absolute Gasteiger partial charge is 0.617 e. The predicted octanol–water partition coefficient (Wildman–Crippen LogP) is 0.494. The summed E-state index contributed by atoms with van der Waals surface area (Å²) in [5.41, 5.74) is 5.27. The van der Waals surface area contributed by atoms with E-state index in [1.54, 1.807) is 6.26 Å². The second kappa shape index (κ2) is 6.39. The molecule has 0 aromatic rings. The van der Waals surface area contributed by atoms with Gasteiger partial charge in [-0.2, -0.15) is 0 Å². The molecule has 56 valence electrons. The third-order valence-electron chi connectivity index (χ3n) is 1.14. The molecule has 0 aliphatic rings. The normalized spacial score (nSPS) is 13.7. The Hall–Kier alpha value is 0.270. The van der Waals surface area contributed by atoms with Gasteiger partial charge in [-0.1, -0.05) is 11.2 Å². The molecule has 1 unspecified atom stereocenters. The van der Waals surface area contributed by atoms with E-state index in [1.165, 1.54) is 0 Å².